The Balaban J connectivity index is 4.00. The van der Waals surface area contributed by atoms with Crippen molar-refractivity contribution in [2.75, 3.05) is 19.8 Å². The molecule has 5 heteroatoms. The highest BCUT2D eigenvalue weighted by atomic mass is 32.2. The Kier molecular flexibility index (Phi) is 4.88. The fourth-order valence-corrected chi connectivity index (χ4v) is 1.49. The van der Waals surface area contributed by atoms with Crippen molar-refractivity contribution < 1.29 is 13.2 Å². The van der Waals surface area contributed by atoms with Crippen molar-refractivity contribution in [2.24, 2.45) is 0 Å². The zero-order valence-corrected chi connectivity index (χ0v) is 9.76. The second kappa shape index (κ2) is 4.93. The van der Waals surface area contributed by atoms with Crippen LogP contribution in [0.5, 0.6) is 0 Å². The van der Waals surface area contributed by atoms with E-state index >= 15 is 0 Å². The van der Waals surface area contributed by atoms with Gasteiger partial charge >= 0.3 is 0 Å². The first-order valence-corrected chi connectivity index (χ1v) is 6.15. The summed E-state index contributed by atoms with van der Waals surface area (Å²) in [6, 6.07) is 0. The smallest absolute Gasteiger partial charge is 0.211 e. The lowest BCUT2D eigenvalue weighted by molar-refractivity contribution is 0.0120. The topological polar surface area (TPSA) is 46.6 Å². The lowest BCUT2D eigenvalue weighted by Crippen LogP contribution is -2.34. The molecular formula is C8H19NO3S. The SMILES string of the molecule is CC(C)OC(C)CN(C)S(C)(=O)=O. The molecule has 0 spiro atoms. The van der Waals surface area contributed by atoms with E-state index in [1.807, 2.05) is 20.8 Å². The van der Waals surface area contributed by atoms with Crippen LogP contribution in [-0.2, 0) is 14.8 Å². The molecular weight excluding hydrogens is 190 g/mol. The number of rotatable bonds is 5. The molecule has 1 atom stereocenters. The lowest BCUT2D eigenvalue weighted by atomic mass is 10.4. The Morgan fingerprint density at radius 2 is 1.77 bits per heavy atom. The number of hydrogen-bond acceptors (Lipinski definition) is 3. The van der Waals surface area contributed by atoms with Gasteiger partial charge in [0.05, 0.1) is 18.5 Å². The molecule has 1 unspecified atom stereocenters. The second-order valence-electron chi connectivity index (χ2n) is 3.54. The van der Waals surface area contributed by atoms with E-state index in [2.05, 4.69) is 0 Å². The summed E-state index contributed by atoms with van der Waals surface area (Å²) in [7, 11) is -1.53. The van der Waals surface area contributed by atoms with Gasteiger partial charge in [0.2, 0.25) is 10.0 Å². The zero-order valence-electron chi connectivity index (χ0n) is 8.94. The molecule has 0 aliphatic heterocycles. The van der Waals surface area contributed by atoms with Crippen molar-refractivity contribution in [3.05, 3.63) is 0 Å². The van der Waals surface area contributed by atoms with Gasteiger partial charge in [-0.25, -0.2) is 12.7 Å². The molecule has 0 aromatic heterocycles. The molecule has 0 aromatic rings. The van der Waals surface area contributed by atoms with E-state index in [9.17, 15) is 8.42 Å². The molecule has 0 rings (SSSR count). The highest BCUT2D eigenvalue weighted by Crippen LogP contribution is 2.01. The van der Waals surface area contributed by atoms with Crippen LogP contribution >= 0.6 is 0 Å². The van der Waals surface area contributed by atoms with E-state index in [1.165, 1.54) is 10.6 Å². The summed E-state index contributed by atoms with van der Waals surface area (Å²) in [5.41, 5.74) is 0. The van der Waals surface area contributed by atoms with Gasteiger partial charge in [0.25, 0.3) is 0 Å². The Hall–Kier alpha value is -0.130. The van der Waals surface area contributed by atoms with E-state index in [-0.39, 0.29) is 12.2 Å². The maximum absolute atomic E-state index is 11.0. The summed E-state index contributed by atoms with van der Waals surface area (Å²) in [4.78, 5) is 0. The predicted octanol–water partition coefficient (Wildman–Crippen LogP) is 0.691. The zero-order chi connectivity index (χ0) is 10.6. The van der Waals surface area contributed by atoms with Gasteiger partial charge in [-0.2, -0.15) is 0 Å². The summed E-state index contributed by atoms with van der Waals surface area (Å²) < 4.78 is 28.7. The van der Waals surface area contributed by atoms with Crippen molar-refractivity contribution in [2.45, 2.75) is 33.0 Å². The Bertz CT molecular complexity index is 236. The third kappa shape index (κ3) is 6.01. The van der Waals surface area contributed by atoms with Gasteiger partial charge < -0.3 is 4.74 Å². The van der Waals surface area contributed by atoms with Gasteiger partial charge in [0.1, 0.15) is 0 Å². The Morgan fingerprint density at radius 1 is 1.31 bits per heavy atom. The molecule has 0 aliphatic rings. The van der Waals surface area contributed by atoms with Crippen molar-refractivity contribution in [3.63, 3.8) is 0 Å². The maximum Gasteiger partial charge on any atom is 0.211 e. The molecule has 0 bridgehead atoms. The van der Waals surface area contributed by atoms with Gasteiger partial charge in [-0.15, -0.1) is 0 Å². The summed E-state index contributed by atoms with van der Waals surface area (Å²) in [5, 5.41) is 0. The molecule has 0 heterocycles. The van der Waals surface area contributed by atoms with Crippen LogP contribution in [0.4, 0.5) is 0 Å². The fraction of sp³-hybridized carbons (Fsp3) is 1.00. The van der Waals surface area contributed by atoms with Crippen LogP contribution in [-0.4, -0.2) is 44.8 Å². The number of likely N-dealkylation sites (N-methyl/N-ethyl adjacent to an activating group) is 1. The second-order valence-corrected chi connectivity index (χ2v) is 5.63. The molecule has 4 nitrogen and oxygen atoms in total. The van der Waals surface area contributed by atoms with Gasteiger partial charge in [0.15, 0.2) is 0 Å². The fourth-order valence-electron chi connectivity index (χ4n) is 1.01. The maximum atomic E-state index is 11.0. The first-order valence-electron chi connectivity index (χ1n) is 4.30. The molecule has 80 valence electrons. The van der Waals surface area contributed by atoms with Crippen molar-refractivity contribution >= 4 is 10.0 Å². The molecule has 0 aliphatic carbocycles. The number of hydrogen-bond donors (Lipinski definition) is 0. The molecule has 0 radical (unpaired) electrons. The lowest BCUT2D eigenvalue weighted by Gasteiger charge is -2.21. The average Bonchev–Trinajstić information content (AvgIpc) is 1.82. The van der Waals surface area contributed by atoms with Crippen LogP contribution in [0, 0.1) is 0 Å². The van der Waals surface area contributed by atoms with E-state index in [0.717, 1.165) is 0 Å². The van der Waals surface area contributed by atoms with Crippen molar-refractivity contribution in [1.82, 2.24) is 4.31 Å². The first-order chi connectivity index (χ1) is 5.73. The third-order valence-corrected chi connectivity index (χ3v) is 2.87. The number of ether oxygens (including phenoxy) is 1. The van der Waals surface area contributed by atoms with E-state index in [4.69, 9.17) is 4.74 Å². The molecule has 0 saturated carbocycles. The normalized spacial score (nSPS) is 15.3. The molecule has 0 saturated heterocycles. The van der Waals surface area contributed by atoms with Gasteiger partial charge in [0, 0.05) is 13.6 Å². The Labute approximate surface area is 80.9 Å². The Morgan fingerprint density at radius 3 is 2.08 bits per heavy atom. The number of sulfonamides is 1. The molecule has 0 N–H and O–H groups in total. The van der Waals surface area contributed by atoms with E-state index < -0.39 is 10.0 Å². The van der Waals surface area contributed by atoms with Crippen LogP contribution in [0.2, 0.25) is 0 Å². The van der Waals surface area contributed by atoms with E-state index in [1.54, 1.807) is 7.05 Å². The quantitative estimate of drug-likeness (QED) is 0.669. The van der Waals surface area contributed by atoms with Crippen molar-refractivity contribution in [3.8, 4) is 0 Å². The average molecular weight is 209 g/mol. The molecule has 13 heavy (non-hydrogen) atoms. The summed E-state index contributed by atoms with van der Waals surface area (Å²) >= 11 is 0. The summed E-state index contributed by atoms with van der Waals surface area (Å²) in [6.07, 6.45) is 1.25. The monoisotopic (exact) mass is 209 g/mol. The number of nitrogens with zero attached hydrogens (tertiary/aromatic N) is 1. The minimum atomic E-state index is -3.08. The van der Waals surface area contributed by atoms with Crippen molar-refractivity contribution in [1.29, 1.82) is 0 Å². The predicted molar refractivity (Wildman–Crippen MR) is 53.2 cm³/mol. The van der Waals surface area contributed by atoms with Gasteiger partial charge in [-0.05, 0) is 20.8 Å². The van der Waals surface area contributed by atoms with Crippen LogP contribution in [0.3, 0.4) is 0 Å². The first kappa shape index (κ1) is 12.9. The van der Waals surface area contributed by atoms with Crippen LogP contribution in [0.15, 0.2) is 0 Å². The summed E-state index contributed by atoms with van der Waals surface area (Å²) in [6.45, 7) is 6.12. The molecule has 0 amide bonds. The standard InChI is InChI=1S/C8H19NO3S/c1-7(2)12-8(3)6-9(4)13(5,10)11/h7-8H,6H2,1-5H3. The molecule has 0 fully saturated rings. The third-order valence-electron chi connectivity index (χ3n) is 1.58. The van der Waals surface area contributed by atoms with Gasteiger partial charge in [-0.1, -0.05) is 0 Å². The van der Waals surface area contributed by atoms with Gasteiger partial charge in [-0.3, -0.25) is 0 Å². The minimum Gasteiger partial charge on any atom is -0.374 e. The van der Waals surface area contributed by atoms with Crippen LogP contribution < -0.4 is 0 Å². The highest BCUT2D eigenvalue weighted by molar-refractivity contribution is 7.88. The highest BCUT2D eigenvalue weighted by Gasteiger charge is 2.15. The van der Waals surface area contributed by atoms with Crippen LogP contribution in [0.1, 0.15) is 20.8 Å². The largest absolute Gasteiger partial charge is 0.374 e. The van der Waals surface area contributed by atoms with Crippen LogP contribution in [0.25, 0.3) is 0 Å². The molecule has 0 aromatic carbocycles. The van der Waals surface area contributed by atoms with E-state index in [0.29, 0.717) is 6.54 Å². The summed E-state index contributed by atoms with van der Waals surface area (Å²) in [5.74, 6) is 0. The minimum absolute atomic E-state index is 0.0697.